The van der Waals surface area contributed by atoms with Gasteiger partial charge in [-0.25, -0.2) is 0 Å². The van der Waals surface area contributed by atoms with Gasteiger partial charge in [-0.05, 0) is 31.8 Å². The predicted molar refractivity (Wildman–Crippen MR) is 85.1 cm³/mol. The van der Waals surface area contributed by atoms with Gasteiger partial charge in [0, 0.05) is 19.3 Å². The molecule has 4 nitrogen and oxygen atoms in total. The van der Waals surface area contributed by atoms with E-state index >= 15 is 0 Å². The van der Waals surface area contributed by atoms with Crippen LogP contribution in [0.1, 0.15) is 17.3 Å². The fourth-order valence-corrected chi connectivity index (χ4v) is 2.33. The van der Waals surface area contributed by atoms with Crippen molar-refractivity contribution in [2.75, 3.05) is 27.2 Å². The normalized spacial score (nSPS) is 14.1. The smallest absolute Gasteiger partial charge is 0.0791 e. The second kappa shape index (κ2) is 7.88. The Bertz CT molecular complexity index is 477. The predicted octanol–water partition coefficient (Wildman–Crippen LogP) is 1.68. The van der Waals surface area contributed by atoms with E-state index in [1.165, 1.54) is 0 Å². The van der Waals surface area contributed by atoms with Crippen LogP contribution in [0.5, 0.6) is 0 Å². The van der Waals surface area contributed by atoms with Crippen molar-refractivity contribution in [3.8, 4) is 0 Å². The molecule has 2 N–H and O–H groups in total. The number of likely N-dealkylation sites (N-methyl/N-ethyl adjacent to an activating group) is 1. The highest BCUT2D eigenvalue weighted by atomic mass is 16.3. The average Bonchev–Trinajstić information content (AvgIpc) is 2.49. The SMILES string of the molecule is CN(C)CC(O)CNC(c1ccccc1)c1ccccn1. The molecule has 1 aromatic carbocycles. The van der Waals surface area contributed by atoms with E-state index in [0.29, 0.717) is 13.1 Å². The van der Waals surface area contributed by atoms with Gasteiger partial charge in [-0.3, -0.25) is 4.98 Å². The van der Waals surface area contributed by atoms with Crippen LogP contribution in [0.4, 0.5) is 0 Å². The lowest BCUT2D eigenvalue weighted by molar-refractivity contribution is 0.132. The third kappa shape index (κ3) is 4.93. The van der Waals surface area contributed by atoms with E-state index in [4.69, 9.17) is 0 Å². The number of aliphatic hydroxyl groups is 1. The number of nitrogens with one attached hydrogen (secondary N) is 1. The number of nitrogens with zero attached hydrogens (tertiary/aromatic N) is 2. The topological polar surface area (TPSA) is 48.4 Å². The summed E-state index contributed by atoms with van der Waals surface area (Å²) in [4.78, 5) is 6.42. The number of benzene rings is 1. The van der Waals surface area contributed by atoms with Gasteiger partial charge in [0.2, 0.25) is 0 Å². The van der Waals surface area contributed by atoms with Gasteiger partial charge in [0.25, 0.3) is 0 Å². The summed E-state index contributed by atoms with van der Waals surface area (Å²) in [6, 6.07) is 16.1. The Morgan fingerprint density at radius 1 is 1.10 bits per heavy atom. The van der Waals surface area contributed by atoms with Gasteiger partial charge >= 0.3 is 0 Å². The van der Waals surface area contributed by atoms with Gasteiger partial charge in [-0.15, -0.1) is 0 Å². The summed E-state index contributed by atoms with van der Waals surface area (Å²) in [5.74, 6) is 0. The Hall–Kier alpha value is -1.75. The average molecular weight is 285 g/mol. The quantitative estimate of drug-likeness (QED) is 0.812. The van der Waals surface area contributed by atoms with Crippen LogP contribution in [0.2, 0.25) is 0 Å². The molecule has 0 saturated heterocycles. The molecule has 0 saturated carbocycles. The van der Waals surface area contributed by atoms with Crippen molar-refractivity contribution < 1.29 is 5.11 Å². The summed E-state index contributed by atoms with van der Waals surface area (Å²) < 4.78 is 0. The summed E-state index contributed by atoms with van der Waals surface area (Å²) >= 11 is 0. The minimum atomic E-state index is -0.407. The highest BCUT2D eigenvalue weighted by molar-refractivity contribution is 5.27. The molecule has 0 spiro atoms. The maximum atomic E-state index is 10.0. The first kappa shape index (κ1) is 15.6. The number of aliphatic hydroxyl groups excluding tert-OH is 1. The second-order valence-electron chi connectivity index (χ2n) is 5.42. The lowest BCUT2D eigenvalue weighted by Gasteiger charge is -2.22. The van der Waals surface area contributed by atoms with Crippen molar-refractivity contribution in [2.24, 2.45) is 0 Å². The summed E-state index contributed by atoms with van der Waals surface area (Å²) in [7, 11) is 3.91. The third-order valence-corrected chi connectivity index (χ3v) is 3.25. The highest BCUT2D eigenvalue weighted by Crippen LogP contribution is 2.19. The summed E-state index contributed by atoms with van der Waals surface area (Å²) in [5, 5.41) is 13.5. The molecule has 1 aromatic heterocycles. The van der Waals surface area contributed by atoms with Crippen molar-refractivity contribution in [1.29, 1.82) is 0 Å². The van der Waals surface area contributed by atoms with E-state index in [0.717, 1.165) is 11.3 Å². The molecule has 1 heterocycles. The minimum absolute atomic E-state index is 0.00999. The fourth-order valence-electron chi connectivity index (χ4n) is 2.33. The second-order valence-corrected chi connectivity index (χ2v) is 5.42. The molecule has 0 amide bonds. The van der Waals surface area contributed by atoms with E-state index < -0.39 is 6.10 Å². The summed E-state index contributed by atoms with van der Waals surface area (Å²) in [5.41, 5.74) is 2.11. The standard InChI is InChI=1S/C17H23N3O/c1-20(2)13-15(21)12-19-17(14-8-4-3-5-9-14)16-10-6-7-11-18-16/h3-11,15,17,19,21H,12-13H2,1-2H3. The van der Waals surface area contributed by atoms with Crippen molar-refractivity contribution in [1.82, 2.24) is 15.2 Å². The highest BCUT2D eigenvalue weighted by Gasteiger charge is 2.16. The van der Waals surface area contributed by atoms with Crippen molar-refractivity contribution >= 4 is 0 Å². The molecule has 0 aliphatic carbocycles. The van der Waals surface area contributed by atoms with Crippen LogP contribution in [0, 0.1) is 0 Å². The van der Waals surface area contributed by atoms with Crippen LogP contribution >= 0.6 is 0 Å². The first-order chi connectivity index (χ1) is 10.2. The molecule has 2 unspecified atom stereocenters. The Morgan fingerprint density at radius 3 is 2.43 bits per heavy atom. The minimum Gasteiger partial charge on any atom is -0.390 e. The van der Waals surface area contributed by atoms with E-state index in [2.05, 4.69) is 22.4 Å². The zero-order valence-corrected chi connectivity index (χ0v) is 12.6. The van der Waals surface area contributed by atoms with Crippen LogP contribution in [0.25, 0.3) is 0 Å². The molecule has 0 radical (unpaired) electrons. The molecule has 0 aliphatic heterocycles. The molecule has 4 heteroatoms. The van der Waals surface area contributed by atoms with Crippen LogP contribution in [-0.4, -0.2) is 48.3 Å². The molecule has 2 aromatic rings. The third-order valence-electron chi connectivity index (χ3n) is 3.25. The number of aromatic nitrogens is 1. The number of hydrogen-bond acceptors (Lipinski definition) is 4. The molecule has 112 valence electrons. The number of rotatable bonds is 7. The molecule has 0 aliphatic rings. The Morgan fingerprint density at radius 2 is 1.81 bits per heavy atom. The van der Waals surface area contributed by atoms with E-state index in [1.807, 2.05) is 55.4 Å². The van der Waals surface area contributed by atoms with Crippen molar-refractivity contribution in [2.45, 2.75) is 12.1 Å². The lowest BCUT2D eigenvalue weighted by atomic mass is 10.0. The van der Waals surface area contributed by atoms with Crippen LogP contribution in [0.3, 0.4) is 0 Å². The first-order valence-electron chi connectivity index (χ1n) is 7.19. The Labute approximate surface area is 126 Å². The van der Waals surface area contributed by atoms with Gasteiger partial charge in [0.05, 0.1) is 17.8 Å². The fraction of sp³-hybridized carbons (Fsp3) is 0.353. The van der Waals surface area contributed by atoms with Gasteiger partial charge in [0.1, 0.15) is 0 Å². The van der Waals surface area contributed by atoms with Crippen LogP contribution < -0.4 is 5.32 Å². The van der Waals surface area contributed by atoms with Gasteiger partial charge in [-0.1, -0.05) is 36.4 Å². The van der Waals surface area contributed by atoms with Crippen LogP contribution in [0.15, 0.2) is 54.7 Å². The van der Waals surface area contributed by atoms with Gasteiger partial charge in [-0.2, -0.15) is 0 Å². The largest absolute Gasteiger partial charge is 0.390 e. The molecule has 21 heavy (non-hydrogen) atoms. The summed E-state index contributed by atoms with van der Waals surface area (Å²) in [6.45, 7) is 1.16. The molecule has 0 bridgehead atoms. The van der Waals surface area contributed by atoms with Crippen LogP contribution in [-0.2, 0) is 0 Å². The van der Waals surface area contributed by atoms with E-state index in [9.17, 15) is 5.11 Å². The summed E-state index contributed by atoms with van der Waals surface area (Å²) in [6.07, 6.45) is 1.39. The molecular formula is C17H23N3O. The van der Waals surface area contributed by atoms with E-state index in [1.54, 1.807) is 6.20 Å². The van der Waals surface area contributed by atoms with Gasteiger partial charge < -0.3 is 15.3 Å². The number of pyridine rings is 1. The zero-order valence-electron chi connectivity index (χ0n) is 12.6. The molecule has 0 fully saturated rings. The molecule has 2 rings (SSSR count). The first-order valence-corrected chi connectivity index (χ1v) is 7.19. The Kier molecular flexibility index (Phi) is 5.87. The number of hydrogen-bond donors (Lipinski definition) is 2. The Balaban J connectivity index is 2.10. The molecule has 2 atom stereocenters. The molecular weight excluding hydrogens is 262 g/mol. The van der Waals surface area contributed by atoms with Crippen molar-refractivity contribution in [3.63, 3.8) is 0 Å². The lowest BCUT2D eigenvalue weighted by Crippen LogP contribution is -2.37. The maximum Gasteiger partial charge on any atom is 0.0791 e. The van der Waals surface area contributed by atoms with Crippen molar-refractivity contribution in [3.05, 3.63) is 66.0 Å². The monoisotopic (exact) mass is 285 g/mol. The maximum absolute atomic E-state index is 10.0. The van der Waals surface area contributed by atoms with Gasteiger partial charge in [0.15, 0.2) is 0 Å². The van der Waals surface area contributed by atoms with E-state index in [-0.39, 0.29) is 6.04 Å². The zero-order chi connectivity index (χ0) is 15.1.